The molecule has 3 rings (SSSR count). The Kier molecular flexibility index (Phi) is 6.95. The number of rotatable bonds is 8. The van der Waals surface area contributed by atoms with Gasteiger partial charge in [0, 0.05) is 30.1 Å². The van der Waals surface area contributed by atoms with Crippen LogP contribution in [-0.2, 0) is 14.3 Å². The van der Waals surface area contributed by atoms with Crippen molar-refractivity contribution in [1.29, 1.82) is 0 Å². The molecule has 0 amide bonds. The van der Waals surface area contributed by atoms with Crippen LogP contribution in [0.5, 0.6) is 11.5 Å². The Balaban J connectivity index is 1.59. The number of methoxy groups -OCH3 is 1. The van der Waals surface area contributed by atoms with E-state index in [0.29, 0.717) is 36.9 Å². The number of aromatic nitrogens is 1. The van der Waals surface area contributed by atoms with Crippen molar-refractivity contribution in [2.75, 3.05) is 33.5 Å². The fourth-order valence-corrected chi connectivity index (χ4v) is 3.64. The highest BCUT2D eigenvalue weighted by Gasteiger charge is 2.19. The van der Waals surface area contributed by atoms with E-state index in [9.17, 15) is 9.59 Å². The molecule has 160 valence electrons. The van der Waals surface area contributed by atoms with Crippen LogP contribution in [0.1, 0.15) is 40.3 Å². The lowest BCUT2D eigenvalue weighted by Gasteiger charge is -2.18. The molecule has 1 aromatic heterocycles. The quantitative estimate of drug-likeness (QED) is 0.374. The molecule has 0 spiro atoms. The van der Waals surface area contributed by atoms with Crippen molar-refractivity contribution < 1.29 is 28.5 Å². The summed E-state index contributed by atoms with van der Waals surface area (Å²) in [5, 5.41) is 0. The van der Waals surface area contributed by atoms with Crippen molar-refractivity contribution in [3.63, 3.8) is 0 Å². The third-order valence-corrected chi connectivity index (χ3v) is 4.96. The fourth-order valence-electron chi connectivity index (χ4n) is 3.64. The third kappa shape index (κ3) is 4.91. The molecule has 7 nitrogen and oxygen atoms in total. The number of aryl methyl sites for hydroxylation is 1. The first kappa shape index (κ1) is 21.6. The average molecular weight is 413 g/mol. The third-order valence-electron chi connectivity index (χ3n) is 4.96. The molecular weight excluding hydrogens is 386 g/mol. The summed E-state index contributed by atoms with van der Waals surface area (Å²) in [6.45, 7) is 7.11. The highest BCUT2D eigenvalue weighted by atomic mass is 16.6. The van der Waals surface area contributed by atoms with Crippen LogP contribution in [0.25, 0.3) is 6.08 Å². The standard InChI is InChI=1S/C23H27NO6/c1-15-11-19(17(3)24(15)16(2)13-27-4)20(25)14-30-23(26)8-6-18-5-7-21-22(12-18)29-10-9-28-21/h5-8,11-12,16H,9-10,13-14H2,1-4H3/b8-6+/t16-/m0/s1. The number of hydrogen-bond donors (Lipinski definition) is 0. The molecule has 0 saturated heterocycles. The topological polar surface area (TPSA) is 76.0 Å². The maximum atomic E-state index is 12.6. The molecule has 2 aromatic rings. The van der Waals surface area contributed by atoms with Crippen LogP contribution in [0.2, 0.25) is 0 Å². The number of carbonyl (C=O) groups excluding carboxylic acids is 2. The predicted molar refractivity (Wildman–Crippen MR) is 112 cm³/mol. The molecule has 1 aliphatic heterocycles. The van der Waals surface area contributed by atoms with E-state index in [0.717, 1.165) is 17.0 Å². The minimum atomic E-state index is -0.584. The van der Waals surface area contributed by atoms with Gasteiger partial charge in [-0.2, -0.15) is 0 Å². The van der Waals surface area contributed by atoms with Gasteiger partial charge in [-0.05, 0) is 50.6 Å². The largest absolute Gasteiger partial charge is 0.486 e. The van der Waals surface area contributed by atoms with Crippen LogP contribution < -0.4 is 9.47 Å². The predicted octanol–water partition coefficient (Wildman–Crippen LogP) is 3.52. The van der Waals surface area contributed by atoms with Crippen molar-refractivity contribution >= 4 is 17.8 Å². The number of nitrogens with zero attached hydrogens (tertiary/aromatic N) is 1. The summed E-state index contributed by atoms with van der Waals surface area (Å²) in [6.07, 6.45) is 2.91. The zero-order chi connectivity index (χ0) is 21.7. The minimum absolute atomic E-state index is 0.105. The Morgan fingerprint density at radius 1 is 1.17 bits per heavy atom. The second kappa shape index (κ2) is 9.63. The lowest BCUT2D eigenvalue weighted by atomic mass is 10.1. The van der Waals surface area contributed by atoms with Gasteiger partial charge in [0.25, 0.3) is 0 Å². The van der Waals surface area contributed by atoms with E-state index in [1.54, 1.807) is 25.3 Å². The summed E-state index contributed by atoms with van der Waals surface area (Å²) in [5.74, 6) is 0.508. The van der Waals surface area contributed by atoms with Crippen LogP contribution >= 0.6 is 0 Å². The molecule has 7 heteroatoms. The van der Waals surface area contributed by atoms with Gasteiger partial charge in [0.1, 0.15) is 13.2 Å². The Labute approximate surface area is 176 Å². The number of esters is 1. The van der Waals surface area contributed by atoms with Crippen LogP contribution in [0.3, 0.4) is 0 Å². The summed E-state index contributed by atoms with van der Waals surface area (Å²) in [7, 11) is 1.65. The van der Waals surface area contributed by atoms with Crippen LogP contribution in [0.4, 0.5) is 0 Å². The van der Waals surface area contributed by atoms with Gasteiger partial charge < -0.3 is 23.5 Å². The van der Waals surface area contributed by atoms with Crippen molar-refractivity contribution in [1.82, 2.24) is 4.57 Å². The number of hydrogen-bond acceptors (Lipinski definition) is 6. The first-order valence-electron chi connectivity index (χ1n) is 9.85. The molecule has 30 heavy (non-hydrogen) atoms. The zero-order valence-corrected chi connectivity index (χ0v) is 17.8. The Morgan fingerprint density at radius 3 is 2.63 bits per heavy atom. The summed E-state index contributed by atoms with van der Waals surface area (Å²) in [4.78, 5) is 24.6. The number of benzene rings is 1. The highest BCUT2D eigenvalue weighted by molar-refractivity contribution is 6.00. The van der Waals surface area contributed by atoms with Gasteiger partial charge in [0.2, 0.25) is 5.78 Å². The minimum Gasteiger partial charge on any atom is -0.486 e. The molecule has 0 N–H and O–H groups in total. The van der Waals surface area contributed by atoms with Gasteiger partial charge in [-0.25, -0.2) is 4.79 Å². The van der Waals surface area contributed by atoms with Gasteiger partial charge >= 0.3 is 5.97 Å². The van der Waals surface area contributed by atoms with Crippen molar-refractivity contribution in [2.45, 2.75) is 26.8 Å². The van der Waals surface area contributed by atoms with Crippen molar-refractivity contribution in [2.24, 2.45) is 0 Å². The summed E-state index contributed by atoms with van der Waals surface area (Å²) in [5.41, 5.74) is 3.13. The summed E-state index contributed by atoms with van der Waals surface area (Å²) >= 11 is 0. The fraction of sp³-hybridized carbons (Fsp3) is 0.391. The number of Topliss-reactive ketones (excluding diaryl/α,β-unsaturated/α-hetero) is 1. The normalized spacial score (nSPS) is 14.0. The van der Waals surface area contributed by atoms with Gasteiger partial charge in [-0.3, -0.25) is 4.79 Å². The Morgan fingerprint density at radius 2 is 1.90 bits per heavy atom. The molecule has 0 radical (unpaired) electrons. The molecule has 1 atom stereocenters. The molecule has 0 bridgehead atoms. The number of fused-ring (bicyclic) bond motifs is 1. The Hall–Kier alpha value is -3.06. The lowest BCUT2D eigenvalue weighted by Crippen LogP contribution is -2.16. The summed E-state index contributed by atoms with van der Waals surface area (Å²) in [6, 6.07) is 7.33. The molecule has 0 saturated carbocycles. The van der Waals surface area contributed by atoms with E-state index in [-0.39, 0.29) is 18.4 Å². The van der Waals surface area contributed by atoms with Crippen molar-refractivity contribution in [3.8, 4) is 11.5 Å². The van der Waals surface area contributed by atoms with Crippen LogP contribution in [0.15, 0.2) is 30.3 Å². The highest BCUT2D eigenvalue weighted by Crippen LogP contribution is 2.31. The van der Waals surface area contributed by atoms with E-state index >= 15 is 0 Å². The van der Waals surface area contributed by atoms with E-state index in [1.165, 1.54) is 6.08 Å². The molecule has 2 heterocycles. The monoisotopic (exact) mass is 413 g/mol. The number of ether oxygens (including phenoxy) is 4. The number of ketones is 1. The van der Waals surface area contributed by atoms with Gasteiger partial charge in [0.05, 0.1) is 12.6 Å². The Bertz CT molecular complexity index is 959. The molecule has 1 aromatic carbocycles. The van der Waals surface area contributed by atoms with Gasteiger partial charge in [-0.1, -0.05) is 6.07 Å². The molecule has 1 aliphatic rings. The SMILES string of the molecule is COC[C@H](C)n1c(C)cc(C(=O)COC(=O)/C=C/c2ccc3c(c2)OCCO3)c1C. The van der Waals surface area contributed by atoms with E-state index in [4.69, 9.17) is 18.9 Å². The summed E-state index contributed by atoms with van der Waals surface area (Å²) < 4.78 is 23.4. The van der Waals surface area contributed by atoms with Gasteiger partial charge in [0.15, 0.2) is 18.1 Å². The van der Waals surface area contributed by atoms with E-state index in [2.05, 4.69) is 4.57 Å². The van der Waals surface area contributed by atoms with Crippen LogP contribution in [0, 0.1) is 13.8 Å². The second-order valence-electron chi connectivity index (χ2n) is 7.23. The molecule has 0 unspecified atom stereocenters. The molecule has 0 aliphatic carbocycles. The average Bonchev–Trinajstić information content (AvgIpc) is 3.04. The smallest absolute Gasteiger partial charge is 0.331 e. The van der Waals surface area contributed by atoms with Crippen molar-refractivity contribution in [3.05, 3.63) is 52.9 Å². The second-order valence-corrected chi connectivity index (χ2v) is 7.23. The van der Waals surface area contributed by atoms with E-state index < -0.39 is 5.97 Å². The molecular formula is C23H27NO6. The zero-order valence-electron chi connectivity index (χ0n) is 17.8. The molecule has 0 fully saturated rings. The van der Waals surface area contributed by atoms with Gasteiger partial charge in [-0.15, -0.1) is 0 Å². The maximum Gasteiger partial charge on any atom is 0.331 e. The van der Waals surface area contributed by atoms with Crippen LogP contribution in [-0.4, -0.2) is 49.9 Å². The first-order valence-corrected chi connectivity index (χ1v) is 9.85. The lowest BCUT2D eigenvalue weighted by molar-refractivity contribution is -0.136. The van der Waals surface area contributed by atoms with E-state index in [1.807, 2.05) is 32.9 Å². The maximum absolute atomic E-state index is 12.6. The first-order chi connectivity index (χ1) is 14.4. The number of carbonyl (C=O) groups is 2.